The molecule has 146 valence electrons. The fourth-order valence-electron chi connectivity index (χ4n) is 2.77. The van der Waals surface area contributed by atoms with Crippen LogP contribution >= 0.6 is 0 Å². The maximum Gasteiger partial charge on any atom is 0.253 e. The number of piperazine rings is 1. The summed E-state index contributed by atoms with van der Waals surface area (Å²) < 4.78 is 44.6. The topological polar surface area (TPSA) is 79.0 Å². The van der Waals surface area contributed by atoms with Gasteiger partial charge >= 0.3 is 0 Å². The average Bonchev–Trinajstić information content (AvgIpc) is 2.65. The number of carbonyl (C=O) groups is 1. The first-order chi connectivity index (χ1) is 12.4. The third-order valence-electron chi connectivity index (χ3n) is 4.24. The first kappa shape index (κ1) is 20.8. The molecule has 26 heavy (non-hydrogen) atoms. The van der Waals surface area contributed by atoms with Gasteiger partial charge < -0.3 is 15.0 Å². The van der Waals surface area contributed by atoms with E-state index in [0.717, 1.165) is 0 Å². The lowest BCUT2D eigenvalue weighted by molar-refractivity contribution is 0.0747. The second-order valence-corrected chi connectivity index (χ2v) is 8.20. The molecule has 0 spiro atoms. The first-order valence-electron chi connectivity index (χ1n) is 8.66. The van der Waals surface area contributed by atoms with Crippen molar-refractivity contribution in [3.8, 4) is 0 Å². The SMILES string of the molecule is COCCCN(CCS(=O)(=O)N1CCNCC1)C(=O)c1ccc(F)cc1. The molecule has 0 unspecified atom stereocenters. The van der Waals surface area contributed by atoms with Crippen LogP contribution in [0.4, 0.5) is 4.39 Å². The molecule has 1 aliphatic heterocycles. The van der Waals surface area contributed by atoms with Crippen LogP contribution in [0.15, 0.2) is 24.3 Å². The Kier molecular flexibility index (Phi) is 7.95. The molecular weight excluding hydrogens is 361 g/mol. The summed E-state index contributed by atoms with van der Waals surface area (Å²) in [6, 6.07) is 5.26. The molecule has 1 aromatic carbocycles. The Labute approximate surface area is 154 Å². The van der Waals surface area contributed by atoms with Crippen LogP contribution in [0, 0.1) is 5.82 Å². The van der Waals surface area contributed by atoms with Crippen molar-refractivity contribution in [2.75, 3.05) is 58.7 Å². The van der Waals surface area contributed by atoms with Gasteiger partial charge in [0.2, 0.25) is 10.0 Å². The molecule has 1 saturated heterocycles. The van der Waals surface area contributed by atoms with E-state index in [0.29, 0.717) is 51.3 Å². The van der Waals surface area contributed by atoms with Crippen molar-refractivity contribution in [1.29, 1.82) is 0 Å². The van der Waals surface area contributed by atoms with Crippen molar-refractivity contribution >= 4 is 15.9 Å². The standard InChI is InChI=1S/C17H26FN3O4S/c1-25-13-2-9-20(17(22)15-3-5-16(18)6-4-15)12-14-26(23,24)21-10-7-19-8-11-21/h3-6,19H,2,7-14H2,1H3. The number of halogens is 1. The van der Waals surface area contributed by atoms with Crippen molar-refractivity contribution in [3.63, 3.8) is 0 Å². The Morgan fingerprint density at radius 2 is 1.88 bits per heavy atom. The fourth-order valence-corrected chi connectivity index (χ4v) is 4.22. The van der Waals surface area contributed by atoms with Crippen molar-refractivity contribution < 1.29 is 22.3 Å². The summed E-state index contributed by atoms with van der Waals surface area (Å²) in [5.74, 6) is -0.863. The monoisotopic (exact) mass is 387 g/mol. The first-order valence-corrected chi connectivity index (χ1v) is 10.3. The molecule has 1 N–H and O–H groups in total. The summed E-state index contributed by atoms with van der Waals surface area (Å²) in [6.45, 7) is 3.08. The maximum absolute atomic E-state index is 13.1. The highest BCUT2D eigenvalue weighted by atomic mass is 32.2. The predicted molar refractivity (Wildman–Crippen MR) is 97.0 cm³/mol. The second-order valence-electron chi connectivity index (χ2n) is 6.11. The van der Waals surface area contributed by atoms with Crippen LogP contribution in [-0.2, 0) is 14.8 Å². The summed E-state index contributed by atoms with van der Waals surface area (Å²) in [4.78, 5) is 14.2. The number of sulfonamides is 1. The summed E-state index contributed by atoms with van der Waals surface area (Å²) in [7, 11) is -1.85. The van der Waals surface area contributed by atoms with Gasteiger partial charge in [0, 0.05) is 58.5 Å². The number of hydrogen-bond donors (Lipinski definition) is 1. The number of amides is 1. The van der Waals surface area contributed by atoms with E-state index in [1.807, 2.05) is 0 Å². The molecule has 1 aliphatic rings. The van der Waals surface area contributed by atoms with Crippen molar-refractivity contribution in [3.05, 3.63) is 35.6 Å². The molecule has 0 bridgehead atoms. The van der Waals surface area contributed by atoms with Crippen LogP contribution < -0.4 is 5.32 Å². The number of rotatable bonds is 9. The molecule has 1 fully saturated rings. The molecule has 1 amide bonds. The quantitative estimate of drug-likeness (QED) is 0.626. The second kappa shape index (κ2) is 9.96. The highest BCUT2D eigenvalue weighted by molar-refractivity contribution is 7.89. The Morgan fingerprint density at radius 3 is 2.50 bits per heavy atom. The molecule has 0 saturated carbocycles. The Hall–Kier alpha value is -1.55. The van der Waals surface area contributed by atoms with Gasteiger partial charge in [-0.15, -0.1) is 0 Å². The minimum absolute atomic E-state index is 0.0895. The van der Waals surface area contributed by atoms with E-state index < -0.39 is 15.8 Å². The zero-order chi connectivity index (χ0) is 19.0. The van der Waals surface area contributed by atoms with Gasteiger partial charge in [-0.2, -0.15) is 4.31 Å². The van der Waals surface area contributed by atoms with Crippen molar-refractivity contribution in [1.82, 2.24) is 14.5 Å². The zero-order valence-electron chi connectivity index (χ0n) is 15.0. The molecule has 0 aliphatic carbocycles. The van der Waals surface area contributed by atoms with Gasteiger partial charge in [-0.05, 0) is 30.7 Å². The summed E-state index contributed by atoms with van der Waals surface area (Å²) in [6.07, 6.45) is 0.594. The number of carbonyl (C=O) groups excluding carboxylic acids is 1. The van der Waals surface area contributed by atoms with Crippen molar-refractivity contribution in [2.24, 2.45) is 0 Å². The minimum atomic E-state index is -3.42. The van der Waals surface area contributed by atoms with E-state index in [9.17, 15) is 17.6 Å². The van der Waals surface area contributed by atoms with Crippen LogP contribution in [0.1, 0.15) is 16.8 Å². The third kappa shape index (κ3) is 6.01. The summed E-state index contributed by atoms with van der Waals surface area (Å²) in [5.41, 5.74) is 0.336. The van der Waals surface area contributed by atoms with E-state index in [1.165, 1.54) is 33.5 Å². The van der Waals surface area contributed by atoms with Crippen LogP contribution in [0.3, 0.4) is 0 Å². The van der Waals surface area contributed by atoms with E-state index in [2.05, 4.69) is 5.32 Å². The summed E-state index contributed by atoms with van der Waals surface area (Å²) in [5, 5.41) is 3.12. The van der Waals surface area contributed by atoms with Crippen LogP contribution in [-0.4, -0.2) is 82.3 Å². The number of nitrogens with zero attached hydrogens (tertiary/aromatic N) is 2. The lowest BCUT2D eigenvalue weighted by atomic mass is 10.2. The normalized spacial score (nSPS) is 15.8. The lowest BCUT2D eigenvalue weighted by Crippen LogP contribution is -2.48. The Morgan fingerprint density at radius 1 is 1.23 bits per heavy atom. The molecule has 0 aromatic heterocycles. The molecule has 2 rings (SSSR count). The van der Waals surface area contributed by atoms with Gasteiger partial charge in [-0.3, -0.25) is 4.79 Å². The van der Waals surface area contributed by atoms with Crippen LogP contribution in [0.25, 0.3) is 0 Å². The fraction of sp³-hybridized carbons (Fsp3) is 0.588. The van der Waals surface area contributed by atoms with E-state index in [4.69, 9.17) is 4.74 Å². The highest BCUT2D eigenvalue weighted by Gasteiger charge is 2.25. The zero-order valence-corrected chi connectivity index (χ0v) is 15.8. The smallest absolute Gasteiger partial charge is 0.253 e. The Bertz CT molecular complexity index is 676. The maximum atomic E-state index is 13.1. The van der Waals surface area contributed by atoms with E-state index in [-0.39, 0.29) is 18.2 Å². The van der Waals surface area contributed by atoms with Gasteiger partial charge in [0.05, 0.1) is 5.75 Å². The Balaban J connectivity index is 2.03. The number of ether oxygens (including phenoxy) is 1. The van der Waals surface area contributed by atoms with Gasteiger partial charge in [-0.25, -0.2) is 12.8 Å². The molecule has 1 aromatic rings. The molecule has 7 nitrogen and oxygen atoms in total. The van der Waals surface area contributed by atoms with E-state index in [1.54, 1.807) is 7.11 Å². The molecule has 9 heteroatoms. The predicted octanol–water partition coefficient (Wildman–Crippen LogP) is 0.539. The molecule has 1 heterocycles. The number of hydrogen-bond acceptors (Lipinski definition) is 5. The number of nitrogens with one attached hydrogen (secondary N) is 1. The minimum Gasteiger partial charge on any atom is -0.385 e. The van der Waals surface area contributed by atoms with Crippen LogP contribution in [0.5, 0.6) is 0 Å². The molecule has 0 atom stereocenters. The molecular formula is C17H26FN3O4S. The van der Waals surface area contributed by atoms with Gasteiger partial charge in [-0.1, -0.05) is 0 Å². The van der Waals surface area contributed by atoms with Crippen molar-refractivity contribution in [2.45, 2.75) is 6.42 Å². The lowest BCUT2D eigenvalue weighted by Gasteiger charge is -2.28. The number of methoxy groups -OCH3 is 1. The summed E-state index contributed by atoms with van der Waals surface area (Å²) >= 11 is 0. The van der Waals surface area contributed by atoms with E-state index >= 15 is 0 Å². The molecule has 0 radical (unpaired) electrons. The van der Waals surface area contributed by atoms with Gasteiger partial charge in [0.25, 0.3) is 5.91 Å². The number of benzene rings is 1. The highest BCUT2D eigenvalue weighted by Crippen LogP contribution is 2.10. The average molecular weight is 387 g/mol. The van der Waals surface area contributed by atoms with Crippen LogP contribution in [0.2, 0.25) is 0 Å². The van der Waals surface area contributed by atoms with Gasteiger partial charge in [0.15, 0.2) is 0 Å². The van der Waals surface area contributed by atoms with Gasteiger partial charge in [0.1, 0.15) is 5.82 Å². The third-order valence-corrected chi connectivity index (χ3v) is 6.09. The largest absolute Gasteiger partial charge is 0.385 e.